The van der Waals surface area contributed by atoms with E-state index in [1.54, 1.807) is 0 Å². The Morgan fingerprint density at radius 3 is 1.14 bits per heavy atom. The Bertz CT molecular complexity index is 35.9. The molecule has 3 nitrogen and oxygen atoms in total. The van der Waals surface area contributed by atoms with Crippen LogP contribution in [0.1, 0.15) is 0 Å². The molecular formula is H7Ca2ClO3S. The van der Waals surface area contributed by atoms with Crippen LogP contribution in [0.2, 0.25) is 0 Å². The molecule has 0 saturated heterocycles. The summed E-state index contributed by atoms with van der Waals surface area (Å²) in [6, 6.07) is 0. The van der Waals surface area contributed by atoms with Crippen molar-refractivity contribution in [1.82, 2.24) is 0 Å². The summed E-state index contributed by atoms with van der Waals surface area (Å²) >= 11 is -2.61. The summed E-state index contributed by atoms with van der Waals surface area (Å²) in [7, 11) is 0. The van der Waals surface area contributed by atoms with Crippen LogP contribution >= 0.6 is 12.4 Å². The average molecular weight is 203 g/mol. The molecule has 0 saturated carbocycles. The van der Waals surface area contributed by atoms with E-state index in [2.05, 4.69) is 0 Å². The van der Waals surface area contributed by atoms with Crippen LogP contribution in [-0.2, 0) is 11.4 Å². The van der Waals surface area contributed by atoms with Gasteiger partial charge in [0.1, 0.15) is 0 Å². The second-order valence-electron chi connectivity index (χ2n) is 0.231. The Labute approximate surface area is 110 Å². The van der Waals surface area contributed by atoms with E-state index < -0.39 is 11.4 Å². The van der Waals surface area contributed by atoms with Gasteiger partial charge in [-0.1, -0.05) is 0 Å². The van der Waals surface area contributed by atoms with Gasteiger partial charge in [-0.3, -0.25) is 9.11 Å². The molecule has 0 unspecified atom stereocenters. The van der Waals surface area contributed by atoms with Crippen molar-refractivity contribution in [3.63, 3.8) is 0 Å². The van der Waals surface area contributed by atoms with Crippen molar-refractivity contribution < 1.29 is 13.3 Å². The Balaban J connectivity index is -0.0000000150. The second-order valence-corrected chi connectivity index (χ2v) is 0.692. The molecule has 0 radical (unpaired) electrons. The zero-order valence-corrected chi connectivity index (χ0v) is 3.75. The molecular weight excluding hydrogens is 196 g/mol. The van der Waals surface area contributed by atoms with Crippen LogP contribution in [0, 0.1) is 0 Å². The van der Waals surface area contributed by atoms with Crippen molar-refractivity contribution in [3.8, 4) is 0 Å². The van der Waals surface area contributed by atoms with Crippen LogP contribution in [0.5, 0.6) is 0 Å². The first-order valence-electron chi connectivity index (χ1n) is 0.532. The van der Waals surface area contributed by atoms with Crippen molar-refractivity contribution in [2.75, 3.05) is 0 Å². The normalized spacial score (nSPS) is 5.00. The van der Waals surface area contributed by atoms with Crippen LogP contribution in [0.4, 0.5) is 0 Å². The minimum absolute atomic E-state index is 0. The first kappa shape index (κ1) is 22.5. The van der Waals surface area contributed by atoms with Gasteiger partial charge < -0.3 is 0 Å². The van der Waals surface area contributed by atoms with Crippen molar-refractivity contribution >= 4 is 99.2 Å². The molecule has 0 fully saturated rings. The van der Waals surface area contributed by atoms with Gasteiger partial charge in [-0.15, -0.1) is 12.4 Å². The van der Waals surface area contributed by atoms with Crippen molar-refractivity contribution in [2.24, 2.45) is 0 Å². The maximum atomic E-state index is 8.67. The Morgan fingerprint density at radius 1 is 1.14 bits per heavy atom. The fraction of sp³-hybridized carbons (Fsp3) is 0. The predicted octanol–water partition coefficient (Wildman–Crippen LogP) is -1.73. The van der Waals surface area contributed by atoms with Crippen LogP contribution in [-0.4, -0.2) is 88.8 Å². The van der Waals surface area contributed by atoms with Crippen LogP contribution in [0.25, 0.3) is 0 Å². The van der Waals surface area contributed by atoms with E-state index in [-0.39, 0.29) is 87.9 Å². The SMILES string of the molecule is Cl.O=S(O)O.[CaH2].[CaH2]. The van der Waals surface area contributed by atoms with E-state index in [0.717, 1.165) is 0 Å². The van der Waals surface area contributed by atoms with Crippen molar-refractivity contribution in [1.29, 1.82) is 0 Å². The van der Waals surface area contributed by atoms with E-state index in [0.29, 0.717) is 0 Å². The quantitative estimate of drug-likeness (QED) is 0.363. The first-order chi connectivity index (χ1) is 1.73. The van der Waals surface area contributed by atoms with Gasteiger partial charge in [-0.25, -0.2) is 0 Å². The zero-order chi connectivity index (χ0) is 3.58. The molecule has 0 spiro atoms. The van der Waals surface area contributed by atoms with E-state index >= 15 is 0 Å². The fourth-order valence-electron chi connectivity index (χ4n) is 0. The monoisotopic (exact) mass is 202 g/mol. The summed E-state index contributed by atoms with van der Waals surface area (Å²) < 4.78 is 22.8. The molecule has 0 atom stereocenters. The Kier molecular flexibility index (Phi) is 51.3. The molecule has 0 aromatic heterocycles. The minimum atomic E-state index is -2.61. The van der Waals surface area contributed by atoms with Gasteiger partial charge in [-0.05, 0) is 0 Å². The molecule has 42 valence electrons. The summed E-state index contributed by atoms with van der Waals surface area (Å²) in [6.07, 6.45) is 0. The first-order valence-corrected chi connectivity index (χ1v) is 1.60. The molecule has 7 heteroatoms. The van der Waals surface area contributed by atoms with Gasteiger partial charge >= 0.3 is 75.5 Å². The van der Waals surface area contributed by atoms with Crippen molar-refractivity contribution in [3.05, 3.63) is 0 Å². The van der Waals surface area contributed by atoms with Gasteiger partial charge in [0.05, 0.1) is 0 Å². The van der Waals surface area contributed by atoms with Gasteiger partial charge in [-0.2, -0.15) is 4.21 Å². The van der Waals surface area contributed by atoms with Crippen molar-refractivity contribution in [2.45, 2.75) is 0 Å². The molecule has 0 rings (SSSR count). The summed E-state index contributed by atoms with van der Waals surface area (Å²) in [5.41, 5.74) is 0. The molecule has 0 aromatic rings. The molecule has 7 heavy (non-hydrogen) atoms. The molecule has 0 heterocycles. The number of halogens is 1. The number of hydrogen-bond acceptors (Lipinski definition) is 1. The predicted molar refractivity (Wildman–Crippen MR) is 37.7 cm³/mol. The standard InChI is InChI=1S/2Ca.ClH.H2O3S.4H/c;;;1-4(2)3;;;;/h;;1H;(H2,1,2,3);;;;. The van der Waals surface area contributed by atoms with E-state index in [9.17, 15) is 0 Å². The Morgan fingerprint density at radius 2 is 1.14 bits per heavy atom. The van der Waals surface area contributed by atoms with Gasteiger partial charge in [0.25, 0.3) is 11.4 Å². The third-order valence-corrected chi connectivity index (χ3v) is 0. The maximum absolute atomic E-state index is 8.67. The fourth-order valence-corrected chi connectivity index (χ4v) is 0. The van der Waals surface area contributed by atoms with E-state index in [1.165, 1.54) is 0 Å². The molecule has 0 amide bonds. The molecule has 0 aliphatic rings. The molecule has 2 N–H and O–H groups in total. The third-order valence-electron chi connectivity index (χ3n) is 0. The van der Waals surface area contributed by atoms with Crippen LogP contribution < -0.4 is 0 Å². The van der Waals surface area contributed by atoms with Gasteiger partial charge in [0, 0.05) is 0 Å². The van der Waals surface area contributed by atoms with E-state index in [4.69, 9.17) is 13.3 Å². The topological polar surface area (TPSA) is 57.5 Å². The molecule has 0 aliphatic carbocycles. The second kappa shape index (κ2) is 15.9. The molecule has 0 aromatic carbocycles. The Hall–Kier alpha value is 2.88. The summed E-state index contributed by atoms with van der Waals surface area (Å²) in [5.74, 6) is 0. The third kappa shape index (κ3) is 50.7. The van der Waals surface area contributed by atoms with E-state index in [1.807, 2.05) is 0 Å². The van der Waals surface area contributed by atoms with Crippen LogP contribution in [0.3, 0.4) is 0 Å². The summed E-state index contributed by atoms with van der Waals surface area (Å²) in [5, 5.41) is 0. The number of rotatable bonds is 0. The molecule has 0 bridgehead atoms. The number of hydrogen-bond donors (Lipinski definition) is 2. The zero-order valence-electron chi connectivity index (χ0n) is 2.12. The average Bonchev–Trinajstić information content (AvgIpc) is 0.811. The van der Waals surface area contributed by atoms with Gasteiger partial charge in [0.2, 0.25) is 0 Å². The summed E-state index contributed by atoms with van der Waals surface area (Å²) in [6.45, 7) is 0. The summed E-state index contributed by atoms with van der Waals surface area (Å²) in [4.78, 5) is 0. The molecule has 0 aliphatic heterocycles. The van der Waals surface area contributed by atoms with Crippen LogP contribution in [0.15, 0.2) is 0 Å². The van der Waals surface area contributed by atoms with Gasteiger partial charge in [0.15, 0.2) is 0 Å².